The lowest BCUT2D eigenvalue weighted by Gasteiger charge is -2.07. The highest BCUT2D eigenvalue weighted by molar-refractivity contribution is 7.85. The molecule has 0 fully saturated rings. The summed E-state index contributed by atoms with van der Waals surface area (Å²) in [6, 6.07) is 0. The van der Waals surface area contributed by atoms with Crippen LogP contribution in [0.5, 0.6) is 5.75 Å². The third kappa shape index (κ3) is 2.52. The molecule has 0 aliphatic rings. The van der Waals surface area contributed by atoms with Gasteiger partial charge in [-0.1, -0.05) is 23.8 Å². The topological polar surface area (TPSA) is 26.3 Å². The molecule has 0 spiro atoms. The molecule has 2 nitrogen and oxygen atoms in total. The normalized spacial score (nSPS) is 10.2. The second-order valence-electron chi connectivity index (χ2n) is 2.56. The fraction of sp³-hybridized carbons (Fsp3) is 0. The van der Waals surface area contributed by atoms with Crippen molar-refractivity contribution >= 4 is 34.1 Å². The smallest absolute Gasteiger partial charge is 0.366 e. The number of rotatable bonds is 2. The average Bonchev–Trinajstić information content (AvgIpc) is 2.29. The SMILES string of the molecule is O=C(Oc1c(F)c(F)c(F)c(F)c1F)C(=S)Cl. The average molecular weight is 291 g/mol. The van der Waals surface area contributed by atoms with Gasteiger partial charge in [0.1, 0.15) is 0 Å². The molecule has 0 unspecified atom stereocenters. The van der Waals surface area contributed by atoms with Crippen LogP contribution in [0.4, 0.5) is 22.0 Å². The molecule has 0 atom stereocenters. The second-order valence-corrected chi connectivity index (χ2v) is 3.57. The van der Waals surface area contributed by atoms with Crippen molar-refractivity contribution in [3.63, 3.8) is 0 Å². The maximum absolute atomic E-state index is 12.9. The second kappa shape index (κ2) is 4.92. The Labute approximate surface area is 101 Å². The number of ether oxygens (including phenoxy) is 1. The first-order valence-electron chi connectivity index (χ1n) is 3.70. The van der Waals surface area contributed by atoms with Crippen molar-refractivity contribution in [1.82, 2.24) is 0 Å². The Kier molecular flexibility index (Phi) is 3.99. The predicted molar refractivity (Wildman–Crippen MR) is 50.3 cm³/mol. The molecule has 0 aliphatic carbocycles. The number of thiocarbonyl (C=S) groups is 1. The zero-order valence-electron chi connectivity index (χ0n) is 7.49. The van der Waals surface area contributed by atoms with Gasteiger partial charge in [-0.15, -0.1) is 0 Å². The number of benzene rings is 1. The number of hydrogen-bond donors (Lipinski definition) is 0. The summed E-state index contributed by atoms with van der Waals surface area (Å²) in [5.74, 6) is -14.8. The van der Waals surface area contributed by atoms with Crippen molar-refractivity contribution in [2.45, 2.75) is 0 Å². The molecule has 0 saturated carbocycles. The lowest BCUT2D eigenvalue weighted by atomic mass is 10.2. The first-order valence-corrected chi connectivity index (χ1v) is 4.49. The number of esters is 1. The van der Waals surface area contributed by atoms with Crippen LogP contribution in [-0.4, -0.2) is 10.3 Å². The summed E-state index contributed by atoms with van der Waals surface area (Å²) in [6.07, 6.45) is 0. The Morgan fingerprint density at radius 3 is 1.65 bits per heavy atom. The molecule has 0 aliphatic heterocycles. The molecule has 1 rings (SSSR count). The predicted octanol–water partition coefficient (Wildman–Crippen LogP) is 2.85. The molecule has 0 N–H and O–H groups in total. The van der Waals surface area contributed by atoms with Crippen LogP contribution in [0.15, 0.2) is 0 Å². The molecule has 0 radical (unpaired) electrons. The molecule has 0 saturated heterocycles. The van der Waals surface area contributed by atoms with Crippen LogP contribution < -0.4 is 4.74 Å². The molecule has 0 bridgehead atoms. The van der Waals surface area contributed by atoms with E-state index in [0.29, 0.717) is 0 Å². The van der Waals surface area contributed by atoms with Crippen molar-refractivity contribution in [2.24, 2.45) is 0 Å². The maximum Gasteiger partial charge on any atom is 0.366 e. The highest BCUT2D eigenvalue weighted by atomic mass is 35.5. The fourth-order valence-electron chi connectivity index (χ4n) is 0.807. The van der Waals surface area contributed by atoms with Gasteiger partial charge in [0.05, 0.1) is 0 Å². The third-order valence-corrected chi connectivity index (χ3v) is 1.85. The summed E-state index contributed by atoms with van der Waals surface area (Å²) < 4.78 is 66.6. The van der Waals surface area contributed by atoms with Crippen LogP contribution in [0.2, 0.25) is 0 Å². The molecule has 17 heavy (non-hydrogen) atoms. The standard InChI is InChI=1S/C8ClF5O2S/c9-7(17)8(15)16-6-4(13)2(11)1(10)3(12)5(6)14. The Bertz CT molecular complexity index is 490. The molecular weight excluding hydrogens is 291 g/mol. The molecule has 9 heteroatoms. The molecular formula is C8ClF5O2S. The molecule has 0 heterocycles. The Hall–Kier alpha value is -1.28. The monoisotopic (exact) mass is 290 g/mol. The van der Waals surface area contributed by atoms with E-state index in [9.17, 15) is 26.7 Å². The van der Waals surface area contributed by atoms with Gasteiger partial charge < -0.3 is 4.74 Å². The van der Waals surface area contributed by atoms with Gasteiger partial charge in [-0.05, 0) is 0 Å². The van der Waals surface area contributed by atoms with E-state index in [2.05, 4.69) is 17.0 Å². The van der Waals surface area contributed by atoms with E-state index in [1.165, 1.54) is 0 Å². The highest BCUT2D eigenvalue weighted by Gasteiger charge is 2.29. The third-order valence-electron chi connectivity index (χ3n) is 1.52. The zero-order chi connectivity index (χ0) is 13.3. The van der Waals surface area contributed by atoms with Gasteiger partial charge in [-0.2, -0.15) is 8.78 Å². The summed E-state index contributed by atoms with van der Waals surface area (Å²) in [7, 11) is 0. The van der Waals surface area contributed by atoms with Crippen LogP contribution in [0.1, 0.15) is 0 Å². The lowest BCUT2D eigenvalue weighted by molar-refractivity contribution is -0.126. The first kappa shape index (κ1) is 13.8. The van der Waals surface area contributed by atoms with E-state index in [1.807, 2.05) is 0 Å². The van der Waals surface area contributed by atoms with Crippen LogP contribution in [-0.2, 0) is 4.79 Å². The van der Waals surface area contributed by atoms with Gasteiger partial charge in [0.2, 0.25) is 34.8 Å². The summed E-state index contributed by atoms with van der Waals surface area (Å²) in [4.78, 5) is 10.8. The number of carbonyl (C=O) groups excluding carboxylic acids is 1. The molecule has 1 aromatic carbocycles. The number of halogens is 6. The van der Waals surface area contributed by atoms with Gasteiger partial charge in [0.15, 0.2) is 4.32 Å². The minimum atomic E-state index is -2.37. The van der Waals surface area contributed by atoms with Crippen LogP contribution in [0.3, 0.4) is 0 Å². The maximum atomic E-state index is 12.9. The lowest BCUT2D eigenvalue weighted by Crippen LogP contribution is -2.17. The molecule has 0 amide bonds. The fourth-order valence-corrected chi connectivity index (χ4v) is 0.887. The van der Waals surface area contributed by atoms with Crippen molar-refractivity contribution in [2.75, 3.05) is 0 Å². The van der Waals surface area contributed by atoms with E-state index in [4.69, 9.17) is 11.6 Å². The van der Waals surface area contributed by atoms with Crippen molar-refractivity contribution in [3.05, 3.63) is 29.1 Å². The van der Waals surface area contributed by atoms with Crippen molar-refractivity contribution in [1.29, 1.82) is 0 Å². The minimum absolute atomic E-state index is 0.950. The summed E-state index contributed by atoms with van der Waals surface area (Å²) >= 11 is 9.02. The van der Waals surface area contributed by atoms with Gasteiger partial charge in [0.25, 0.3) is 0 Å². The zero-order valence-corrected chi connectivity index (χ0v) is 9.06. The van der Waals surface area contributed by atoms with Gasteiger partial charge in [-0.3, -0.25) is 0 Å². The van der Waals surface area contributed by atoms with Crippen LogP contribution in [0, 0.1) is 29.1 Å². The van der Waals surface area contributed by atoms with E-state index < -0.39 is 45.1 Å². The molecule has 92 valence electrons. The Morgan fingerprint density at radius 1 is 0.941 bits per heavy atom. The van der Waals surface area contributed by atoms with Crippen molar-refractivity contribution in [3.8, 4) is 5.75 Å². The van der Waals surface area contributed by atoms with E-state index >= 15 is 0 Å². The van der Waals surface area contributed by atoms with E-state index in [-0.39, 0.29) is 0 Å². The summed E-state index contributed by atoms with van der Waals surface area (Å²) in [6.45, 7) is 0. The number of hydrogen-bond acceptors (Lipinski definition) is 3. The summed E-state index contributed by atoms with van der Waals surface area (Å²) in [5, 5.41) is 0. The summed E-state index contributed by atoms with van der Waals surface area (Å²) in [5.41, 5.74) is 0. The Morgan fingerprint density at radius 2 is 1.29 bits per heavy atom. The van der Waals surface area contributed by atoms with Gasteiger partial charge in [-0.25, -0.2) is 18.0 Å². The molecule has 1 aromatic rings. The van der Waals surface area contributed by atoms with E-state index in [0.717, 1.165) is 0 Å². The van der Waals surface area contributed by atoms with E-state index in [1.54, 1.807) is 0 Å². The minimum Gasteiger partial charge on any atom is -0.415 e. The quantitative estimate of drug-likeness (QED) is 0.159. The Balaban J connectivity index is 3.35. The van der Waals surface area contributed by atoms with Crippen LogP contribution >= 0.6 is 23.8 Å². The highest BCUT2D eigenvalue weighted by Crippen LogP contribution is 2.29. The van der Waals surface area contributed by atoms with Crippen molar-refractivity contribution < 1.29 is 31.5 Å². The first-order chi connectivity index (χ1) is 7.77. The number of carbonyl (C=O) groups is 1. The van der Waals surface area contributed by atoms with Gasteiger partial charge >= 0.3 is 5.97 Å². The molecule has 0 aromatic heterocycles. The van der Waals surface area contributed by atoms with Crippen LogP contribution in [0.25, 0.3) is 0 Å². The van der Waals surface area contributed by atoms with Gasteiger partial charge in [0, 0.05) is 0 Å². The largest absolute Gasteiger partial charge is 0.415 e.